The van der Waals surface area contributed by atoms with Crippen molar-refractivity contribution in [3.05, 3.63) is 0 Å². The van der Waals surface area contributed by atoms with Crippen molar-refractivity contribution in [2.75, 3.05) is 0 Å². The maximum atomic E-state index is 9.48. The first-order chi connectivity index (χ1) is 5.11. The molecular weight excluding hydrogens is 136 g/mol. The van der Waals surface area contributed by atoms with Crippen LogP contribution in [0.3, 0.4) is 0 Å². The quantitative estimate of drug-likeness (QED) is 0.618. The van der Waals surface area contributed by atoms with Gasteiger partial charge in [-0.2, -0.15) is 0 Å². The fourth-order valence-electron chi connectivity index (χ4n) is 2.03. The molecule has 1 aliphatic rings. The van der Waals surface area contributed by atoms with Crippen molar-refractivity contribution in [3.8, 4) is 0 Å². The molecule has 0 amide bonds. The second kappa shape index (κ2) is 3.57. The molecule has 0 aromatic rings. The van der Waals surface area contributed by atoms with Crippen LogP contribution in [0.1, 0.15) is 40.0 Å². The average molecular weight is 156 g/mol. The van der Waals surface area contributed by atoms with E-state index in [-0.39, 0.29) is 6.10 Å². The van der Waals surface area contributed by atoms with Crippen LogP contribution in [0.2, 0.25) is 0 Å². The minimum atomic E-state index is -0.0231. The molecule has 3 atom stereocenters. The fourth-order valence-corrected chi connectivity index (χ4v) is 2.03. The summed E-state index contributed by atoms with van der Waals surface area (Å²) in [5.74, 6) is 2.18. The lowest BCUT2D eigenvalue weighted by Gasteiger charge is -2.33. The molecule has 1 fully saturated rings. The monoisotopic (exact) mass is 156 g/mol. The number of aliphatic hydroxyl groups excluding tert-OH is 1. The number of rotatable bonds is 1. The number of hydrogen-bond donors (Lipinski definition) is 1. The summed E-state index contributed by atoms with van der Waals surface area (Å²) in [5, 5.41) is 9.48. The van der Waals surface area contributed by atoms with Crippen molar-refractivity contribution >= 4 is 0 Å². The van der Waals surface area contributed by atoms with Gasteiger partial charge in [-0.25, -0.2) is 0 Å². The van der Waals surface area contributed by atoms with Crippen LogP contribution in [0, 0.1) is 17.8 Å². The van der Waals surface area contributed by atoms with Crippen LogP contribution in [0.5, 0.6) is 0 Å². The van der Waals surface area contributed by atoms with Gasteiger partial charge in [0.05, 0.1) is 6.10 Å². The van der Waals surface area contributed by atoms with Gasteiger partial charge < -0.3 is 5.11 Å². The molecule has 0 saturated heterocycles. The highest BCUT2D eigenvalue weighted by atomic mass is 16.3. The smallest absolute Gasteiger partial charge is 0.0566 e. The highest BCUT2D eigenvalue weighted by Crippen LogP contribution is 2.33. The SMILES string of the molecule is CC(C)[C@@H]1CC[C@@H](O)[C@H](C)C1. The highest BCUT2D eigenvalue weighted by molar-refractivity contribution is 4.78. The Morgan fingerprint density at radius 2 is 1.91 bits per heavy atom. The zero-order valence-corrected chi connectivity index (χ0v) is 7.88. The third kappa shape index (κ3) is 2.19. The Hall–Kier alpha value is -0.0400. The maximum Gasteiger partial charge on any atom is 0.0566 e. The van der Waals surface area contributed by atoms with Gasteiger partial charge in [0.25, 0.3) is 0 Å². The molecule has 1 rings (SSSR count). The van der Waals surface area contributed by atoms with Gasteiger partial charge in [0.2, 0.25) is 0 Å². The molecule has 0 heterocycles. The minimum Gasteiger partial charge on any atom is -0.393 e. The summed E-state index contributed by atoms with van der Waals surface area (Å²) in [7, 11) is 0. The lowest BCUT2D eigenvalue weighted by atomic mass is 9.75. The van der Waals surface area contributed by atoms with Gasteiger partial charge in [-0.15, -0.1) is 0 Å². The Morgan fingerprint density at radius 1 is 1.27 bits per heavy atom. The molecule has 1 saturated carbocycles. The largest absolute Gasteiger partial charge is 0.393 e. The molecule has 0 radical (unpaired) electrons. The summed E-state index contributed by atoms with van der Waals surface area (Å²) < 4.78 is 0. The molecule has 66 valence electrons. The van der Waals surface area contributed by atoms with Crippen molar-refractivity contribution in [2.24, 2.45) is 17.8 Å². The lowest BCUT2D eigenvalue weighted by molar-refractivity contribution is 0.0465. The Labute approximate surface area is 69.8 Å². The summed E-state index contributed by atoms with van der Waals surface area (Å²) in [6.45, 7) is 6.74. The number of aliphatic hydroxyl groups is 1. The molecule has 11 heavy (non-hydrogen) atoms. The van der Waals surface area contributed by atoms with E-state index in [1.165, 1.54) is 12.8 Å². The first-order valence-corrected chi connectivity index (χ1v) is 4.79. The molecule has 0 aromatic heterocycles. The van der Waals surface area contributed by atoms with Crippen LogP contribution in [0.4, 0.5) is 0 Å². The van der Waals surface area contributed by atoms with E-state index < -0.39 is 0 Å². The van der Waals surface area contributed by atoms with E-state index >= 15 is 0 Å². The van der Waals surface area contributed by atoms with Gasteiger partial charge in [0.15, 0.2) is 0 Å². The highest BCUT2D eigenvalue weighted by Gasteiger charge is 2.27. The van der Waals surface area contributed by atoms with Crippen LogP contribution in [0.25, 0.3) is 0 Å². The molecule has 0 unspecified atom stereocenters. The maximum absolute atomic E-state index is 9.48. The second-order valence-electron chi connectivity index (χ2n) is 4.36. The Balaban J connectivity index is 2.40. The third-order valence-corrected chi connectivity index (χ3v) is 3.11. The fraction of sp³-hybridized carbons (Fsp3) is 1.00. The van der Waals surface area contributed by atoms with Crippen molar-refractivity contribution in [2.45, 2.75) is 46.1 Å². The molecule has 1 aliphatic carbocycles. The van der Waals surface area contributed by atoms with Crippen molar-refractivity contribution in [3.63, 3.8) is 0 Å². The van der Waals surface area contributed by atoms with E-state index in [1.807, 2.05) is 0 Å². The molecule has 1 nitrogen and oxygen atoms in total. The standard InChI is InChI=1S/C10H20O/c1-7(2)9-4-5-10(11)8(3)6-9/h7-11H,4-6H2,1-3H3/t8-,9-,10-/m1/s1. The Kier molecular flexibility index (Phi) is 2.94. The molecular formula is C10H20O. The predicted molar refractivity (Wildman–Crippen MR) is 47.3 cm³/mol. The summed E-state index contributed by atoms with van der Waals surface area (Å²) >= 11 is 0. The molecule has 0 bridgehead atoms. The zero-order valence-electron chi connectivity index (χ0n) is 7.88. The second-order valence-corrected chi connectivity index (χ2v) is 4.36. The van der Waals surface area contributed by atoms with Crippen molar-refractivity contribution < 1.29 is 5.11 Å². The first-order valence-electron chi connectivity index (χ1n) is 4.79. The van der Waals surface area contributed by atoms with E-state index in [0.29, 0.717) is 5.92 Å². The van der Waals surface area contributed by atoms with Gasteiger partial charge in [0, 0.05) is 0 Å². The Bertz CT molecular complexity index is 120. The topological polar surface area (TPSA) is 20.2 Å². The van der Waals surface area contributed by atoms with Gasteiger partial charge in [-0.3, -0.25) is 0 Å². The summed E-state index contributed by atoms with van der Waals surface area (Å²) in [6.07, 6.45) is 3.44. The first kappa shape index (κ1) is 9.05. The van der Waals surface area contributed by atoms with Crippen LogP contribution < -0.4 is 0 Å². The van der Waals surface area contributed by atoms with Gasteiger partial charge in [-0.05, 0) is 37.0 Å². The molecule has 0 spiro atoms. The van der Waals surface area contributed by atoms with E-state index in [2.05, 4.69) is 20.8 Å². The van der Waals surface area contributed by atoms with Gasteiger partial charge in [0.1, 0.15) is 0 Å². The number of hydrogen-bond acceptors (Lipinski definition) is 1. The van der Waals surface area contributed by atoms with E-state index in [0.717, 1.165) is 18.3 Å². The minimum absolute atomic E-state index is 0.0231. The van der Waals surface area contributed by atoms with E-state index in [4.69, 9.17) is 0 Å². The normalized spacial score (nSPS) is 39.5. The van der Waals surface area contributed by atoms with Crippen LogP contribution in [0.15, 0.2) is 0 Å². The predicted octanol–water partition coefficient (Wildman–Crippen LogP) is 2.44. The lowest BCUT2D eigenvalue weighted by Crippen LogP contribution is -2.29. The van der Waals surface area contributed by atoms with Crippen molar-refractivity contribution in [1.29, 1.82) is 0 Å². The van der Waals surface area contributed by atoms with E-state index in [9.17, 15) is 5.11 Å². The molecule has 0 aliphatic heterocycles. The van der Waals surface area contributed by atoms with Crippen molar-refractivity contribution in [1.82, 2.24) is 0 Å². The zero-order chi connectivity index (χ0) is 8.43. The average Bonchev–Trinajstić information content (AvgIpc) is 1.94. The van der Waals surface area contributed by atoms with Gasteiger partial charge in [-0.1, -0.05) is 20.8 Å². The Morgan fingerprint density at radius 3 is 2.36 bits per heavy atom. The summed E-state index contributed by atoms with van der Waals surface area (Å²) in [5.41, 5.74) is 0. The van der Waals surface area contributed by atoms with Crippen LogP contribution >= 0.6 is 0 Å². The van der Waals surface area contributed by atoms with E-state index in [1.54, 1.807) is 0 Å². The summed E-state index contributed by atoms with van der Waals surface area (Å²) in [4.78, 5) is 0. The van der Waals surface area contributed by atoms with Gasteiger partial charge >= 0.3 is 0 Å². The molecule has 0 aromatic carbocycles. The van der Waals surface area contributed by atoms with Crippen LogP contribution in [-0.4, -0.2) is 11.2 Å². The third-order valence-electron chi connectivity index (χ3n) is 3.11. The van der Waals surface area contributed by atoms with Crippen LogP contribution in [-0.2, 0) is 0 Å². The molecule has 1 heteroatoms. The molecule has 1 N–H and O–H groups in total. The summed E-state index contributed by atoms with van der Waals surface area (Å²) in [6, 6.07) is 0.